The third-order valence-electron chi connectivity index (χ3n) is 1.99. The first-order valence-corrected chi connectivity index (χ1v) is 7.98. The van der Waals surface area contributed by atoms with Crippen molar-refractivity contribution in [2.75, 3.05) is 12.9 Å². The van der Waals surface area contributed by atoms with Crippen LogP contribution in [0.25, 0.3) is 0 Å². The first-order valence-electron chi connectivity index (χ1n) is 5.33. The molecular formula is C11H11Cl2NO5S. The van der Waals surface area contributed by atoms with Crippen LogP contribution in [0.1, 0.15) is 12.5 Å². The second-order valence-electron chi connectivity index (χ2n) is 3.54. The number of rotatable bonds is 3. The topological polar surface area (TPSA) is 82.0 Å². The Bertz CT molecular complexity index is 622. The lowest BCUT2D eigenvalue weighted by atomic mass is 10.2. The highest BCUT2D eigenvalue weighted by molar-refractivity contribution is 8.06. The molecule has 0 aliphatic carbocycles. The Balaban J connectivity index is 3.28. The number of halogens is 2. The van der Waals surface area contributed by atoms with Crippen molar-refractivity contribution >= 4 is 44.2 Å². The average Bonchev–Trinajstić information content (AvgIpc) is 2.31. The number of hydrogen-bond acceptors (Lipinski definition) is 6. The summed E-state index contributed by atoms with van der Waals surface area (Å²) >= 11 is 11.8. The van der Waals surface area contributed by atoms with Crippen LogP contribution in [-0.2, 0) is 19.4 Å². The van der Waals surface area contributed by atoms with Gasteiger partial charge in [-0.2, -0.15) is 0 Å². The highest BCUT2D eigenvalue weighted by atomic mass is 35.5. The van der Waals surface area contributed by atoms with Gasteiger partial charge in [-0.15, -0.1) is 0 Å². The van der Waals surface area contributed by atoms with Crippen LogP contribution < -0.4 is 0 Å². The van der Waals surface area contributed by atoms with Crippen LogP contribution in [0.5, 0.6) is 0 Å². The molecule has 1 aromatic carbocycles. The molecule has 0 aliphatic rings. The van der Waals surface area contributed by atoms with E-state index in [0.717, 1.165) is 6.26 Å². The van der Waals surface area contributed by atoms with Crippen LogP contribution in [0.4, 0.5) is 4.79 Å². The smallest absolute Gasteiger partial charge is 0.433 e. The van der Waals surface area contributed by atoms with E-state index in [4.69, 9.17) is 23.2 Å². The fraction of sp³-hybridized carbons (Fsp3) is 0.273. The molecule has 0 fully saturated rings. The number of hydrogen-bond donors (Lipinski definition) is 0. The maximum Gasteiger partial charge on any atom is 0.535 e. The van der Waals surface area contributed by atoms with E-state index in [9.17, 15) is 13.2 Å². The van der Waals surface area contributed by atoms with Crippen LogP contribution >= 0.6 is 23.2 Å². The van der Waals surface area contributed by atoms with Gasteiger partial charge in [-0.05, 0) is 19.1 Å². The minimum absolute atomic E-state index is 0.0392. The van der Waals surface area contributed by atoms with Crippen molar-refractivity contribution in [1.82, 2.24) is 0 Å². The van der Waals surface area contributed by atoms with E-state index in [1.165, 1.54) is 12.1 Å². The van der Waals surface area contributed by atoms with E-state index in [1.54, 1.807) is 13.0 Å². The minimum atomic E-state index is -3.83. The molecule has 0 bridgehead atoms. The highest BCUT2D eigenvalue weighted by Gasteiger charge is 2.23. The molecule has 0 spiro atoms. The van der Waals surface area contributed by atoms with Gasteiger partial charge in [-0.25, -0.2) is 13.2 Å². The van der Waals surface area contributed by atoms with Gasteiger partial charge in [-0.3, -0.25) is 4.84 Å². The van der Waals surface area contributed by atoms with Crippen molar-refractivity contribution in [2.45, 2.75) is 6.92 Å². The molecule has 110 valence electrons. The zero-order valence-electron chi connectivity index (χ0n) is 10.6. The van der Waals surface area contributed by atoms with Crippen molar-refractivity contribution in [2.24, 2.45) is 5.16 Å². The van der Waals surface area contributed by atoms with Gasteiger partial charge in [-0.1, -0.05) is 34.4 Å². The third-order valence-corrected chi connectivity index (χ3v) is 3.60. The van der Waals surface area contributed by atoms with Crippen molar-refractivity contribution in [3.05, 3.63) is 33.8 Å². The average molecular weight is 340 g/mol. The molecule has 0 heterocycles. The summed E-state index contributed by atoms with van der Waals surface area (Å²) in [6, 6.07) is 4.42. The minimum Gasteiger partial charge on any atom is -0.433 e. The molecule has 0 saturated carbocycles. The Kier molecular flexibility index (Phi) is 5.79. The maximum atomic E-state index is 11.7. The van der Waals surface area contributed by atoms with E-state index in [2.05, 4.69) is 14.7 Å². The number of nitrogens with zero attached hydrogens (tertiary/aromatic N) is 1. The van der Waals surface area contributed by atoms with Crippen LogP contribution in [0.3, 0.4) is 0 Å². The summed E-state index contributed by atoms with van der Waals surface area (Å²) in [6.45, 7) is 1.63. The Morgan fingerprint density at radius 1 is 1.30 bits per heavy atom. The Labute approximate surface area is 126 Å². The van der Waals surface area contributed by atoms with Crippen molar-refractivity contribution in [1.29, 1.82) is 0 Å². The molecule has 9 heteroatoms. The van der Waals surface area contributed by atoms with E-state index in [0.29, 0.717) is 0 Å². The number of ether oxygens (including phenoxy) is 1. The Morgan fingerprint density at radius 3 is 2.30 bits per heavy atom. The van der Waals surface area contributed by atoms with Crippen LogP contribution in [-0.4, -0.2) is 32.5 Å². The van der Waals surface area contributed by atoms with Gasteiger partial charge in [0.25, 0.3) is 0 Å². The highest BCUT2D eigenvalue weighted by Crippen LogP contribution is 2.26. The number of benzene rings is 1. The number of sulfone groups is 1. The summed E-state index contributed by atoms with van der Waals surface area (Å²) in [7, 11) is -3.83. The molecule has 0 radical (unpaired) electrons. The fourth-order valence-corrected chi connectivity index (χ4v) is 2.68. The molecule has 0 unspecified atom stereocenters. The summed E-state index contributed by atoms with van der Waals surface area (Å²) in [4.78, 5) is 15.4. The molecule has 20 heavy (non-hydrogen) atoms. The summed E-state index contributed by atoms with van der Waals surface area (Å²) in [5.41, 5.74) is -0.0392. The first kappa shape index (κ1) is 16.7. The van der Waals surface area contributed by atoms with Crippen molar-refractivity contribution < 1.29 is 22.8 Å². The summed E-state index contributed by atoms with van der Waals surface area (Å²) in [5, 5.41) is 2.86. The van der Waals surface area contributed by atoms with Gasteiger partial charge in [0.1, 0.15) is 0 Å². The van der Waals surface area contributed by atoms with Gasteiger partial charge in [0, 0.05) is 6.26 Å². The predicted molar refractivity (Wildman–Crippen MR) is 75.9 cm³/mol. The second kappa shape index (κ2) is 6.92. The number of oxime groups is 1. The monoisotopic (exact) mass is 339 g/mol. The van der Waals surface area contributed by atoms with Crippen LogP contribution in [0.15, 0.2) is 23.4 Å². The zero-order valence-corrected chi connectivity index (χ0v) is 12.9. The standard InChI is InChI=1S/C11H11Cl2NO5S/c1-3-18-11(15)19-14-10(20(2,16)17)9-7(12)5-4-6-8(9)13/h4-6H,3H2,1-2H3. The number of carbonyl (C=O) groups excluding carboxylic acids is 1. The molecular weight excluding hydrogens is 329 g/mol. The predicted octanol–water partition coefficient (Wildman–Crippen LogP) is 2.87. The molecule has 0 aliphatic heterocycles. The maximum absolute atomic E-state index is 11.7. The Morgan fingerprint density at radius 2 is 1.85 bits per heavy atom. The van der Waals surface area contributed by atoms with Gasteiger partial charge >= 0.3 is 6.16 Å². The van der Waals surface area contributed by atoms with E-state index >= 15 is 0 Å². The third kappa shape index (κ3) is 4.36. The molecule has 0 aromatic heterocycles. The van der Waals surface area contributed by atoms with E-state index < -0.39 is 21.0 Å². The van der Waals surface area contributed by atoms with Crippen molar-refractivity contribution in [3.63, 3.8) is 0 Å². The molecule has 0 amide bonds. The number of carbonyl (C=O) groups is 1. The fourth-order valence-electron chi connectivity index (χ4n) is 1.22. The Hall–Kier alpha value is -1.31. The van der Waals surface area contributed by atoms with Crippen molar-refractivity contribution in [3.8, 4) is 0 Å². The quantitative estimate of drug-likeness (QED) is 0.278. The van der Waals surface area contributed by atoms with Crippen LogP contribution in [0.2, 0.25) is 10.0 Å². The molecule has 1 rings (SSSR count). The van der Waals surface area contributed by atoms with E-state index in [1.807, 2.05) is 0 Å². The molecule has 0 saturated heterocycles. The van der Waals surface area contributed by atoms with E-state index in [-0.39, 0.29) is 22.2 Å². The largest absolute Gasteiger partial charge is 0.535 e. The molecule has 0 atom stereocenters. The van der Waals surface area contributed by atoms with Gasteiger partial charge in [0.2, 0.25) is 5.04 Å². The molecule has 6 nitrogen and oxygen atoms in total. The summed E-state index contributed by atoms with van der Waals surface area (Å²) in [5.74, 6) is 0. The summed E-state index contributed by atoms with van der Waals surface area (Å²) < 4.78 is 27.9. The first-order chi connectivity index (χ1) is 9.27. The zero-order chi connectivity index (χ0) is 15.3. The summed E-state index contributed by atoms with van der Waals surface area (Å²) in [6.07, 6.45) is -0.239. The molecule has 0 N–H and O–H groups in total. The van der Waals surface area contributed by atoms with Gasteiger partial charge in [0.15, 0.2) is 9.84 Å². The molecule has 1 aromatic rings. The SMILES string of the molecule is CCOC(=O)ON=C(c1c(Cl)cccc1Cl)S(C)(=O)=O. The lowest BCUT2D eigenvalue weighted by Gasteiger charge is -2.08. The van der Waals surface area contributed by atoms with Gasteiger partial charge in [0.05, 0.1) is 22.2 Å². The van der Waals surface area contributed by atoms with Gasteiger partial charge < -0.3 is 4.74 Å². The second-order valence-corrected chi connectivity index (χ2v) is 6.28. The normalized spacial score (nSPS) is 12.1. The lowest BCUT2D eigenvalue weighted by Crippen LogP contribution is -2.17. The lowest BCUT2D eigenvalue weighted by molar-refractivity contribution is 0.0616. The van der Waals surface area contributed by atoms with Crippen LogP contribution in [0, 0.1) is 0 Å².